The van der Waals surface area contributed by atoms with Gasteiger partial charge in [0, 0.05) is 30.6 Å². The topological polar surface area (TPSA) is 75.7 Å². The number of rotatable bonds is 4. The third kappa shape index (κ3) is 4.51. The molecule has 0 spiro atoms. The average Bonchev–Trinajstić information content (AvgIpc) is 2.66. The van der Waals surface area contributed by atoms with Crippen molar-refractivity contribution < 1.29 is 19.1 Å². The van der Waals surface area contributed by atoms with E-state index in [9.17, 15) is 14.4 Å². The Kier molecular flexibility index (Phi) is 5.99. The summed E-state index contributed by atoms with van der Waals surface area (Å²) in [7, 11) is 0. The summed E-state index contributed by atoms with van der Waals surface area (Å²) in [5, 5.41) is 3.15. The predicted octanol–water partition coefficient (Wildman–Crippen LogP) is 3.18. The van der Waals surface area contributed by atoms with Crippen molar-refractivity contribution in [2.75, 3.05) is 5.32 Å². The number of hydrogen-bond donors (Lipinski definition) is 1. The second-order valence-corrected chi connectivity index (χ2v) is 7.15. The number of benzene rings is 2. The first kappa shape index (κ1) is 19.9. The average molecular weight is 401 g/mol. The molecule has 1 heterocycles. The second-order valence-electron chi connectivity index (χ2n) is 6.71. The zero-order chi connectivity index (χ0) is 20.3. The standard InChI is InChI=1S/C21H21ClN2O4/c1-13(20(26)23-18-9-5-8-17(22)11-18)28-21(27)19-10-15-6-3-4-7-16(15)12-24(19)14(2)25/h3-9,11,13,19H,10,12H2,1-2H3,(H,23,26)/t13-,19-/m1/s1. The molecule has 7 heteroatoms. The predicted molar refractivity (Wildman–Crippen MR) is 106 cm³/mol. The van der Waals surface area contributed by atoms with Crippen molar-refractivity contribution in [3.05, 3.63) is 64.7 Å². The largest absolute Gasteiger partial charge is 0.451 e. The monoisotopic (exact) mass is 400 g/mol. The highest BCUT2D eigenvalue weighted by Crippen LogP contribution is 2.24. The lowest BCUT2D eigenvalue weighted by Gasteiger charge is -2.35. The SMILES string of the molecule is CC(=O)N1Cc2ccccc2C[C@@H]1C(=O)O[C@H](C)C(=O)Nc1cccc(Cl)c1. The minimum atomic E-state index is -1.02. The number of fused-ring (bicyclic) bond motifs is 1. The van der Waals surface area contributed by atoms with Crippen LogP contribution in [0.1, 0.15) is 25.0 Å². The Balaban J connectivity index is 1.68. The minimum absolute atomic E-state index is 0.215. The molecule has 0 saturated carbocycles. The van der Waals surface area contributed by atoms with E-state index in [2.05, 4.69) is 5.32 Å². The van der Waals surface area contributed by atoms with Gasteiger partial charge < -0.3 is 15.0 Å². The van der Waals surface area contributed by atoms with Crippen molar-refractivity contribution in [2.45, 2.75) is 39.0 Å². The summed E-state index contributed by atoms with van der Waals surface area (Å²) in [4.78, 5) is 38.6. The molecule has 6 nitrogen and oxygen atoms in total. The highest BCUT2D eigenvalue weighted by Gasteiger charge is 2.35. The molecule has 0 saturated heterocycles. The number of anilines is 1. The Labute approximate surface area is 168 Å². The number of carbonyl (C=O) groups is 3. The highest BCUT2D eigenvalue weighted by atomic mass is 35.5. The zero-order valence-corrected chi connectivity index (χ0v) is 16.4. The number of nitrogens with one attached hydrogen (secondary N) is 1. The van der Waals surface area contributed by atoms with Crippen molar-refractivity contribution in [1.82, 2.24) is 4.90 Å². The molecule has 146 valence electrons. The van der Waals surface area contributed by atoms with Gasteiger partial charge in [-0.05, 0) is 36.2 Å². The Bertz CT molecular complexity index is 915. The van der Waals surface area contributed by atoms with Crippen LogP contribution in [0.25, 0.3) is 0 Å². The van der Waals surface area contributed by atoms with E-state index in [1.54, 1.807) is 24.3 Å². The lowest BCUT2D eigenvalue weighted by atomic mass is 9.94. The van der Waals surface area contributed by atoms with Crippen LogP contribution in [0.5, 0.6) is 0 Å². The molecule has 28 heavy (non-hydrogen) atoms. The molecule has 1 aliphatic heterocycles. The molecule has 1 aliphatic rings. The van der Waals surface area contributed by atoms with E-state index >= 15 is 0 Å². The Morgan fingerprint density at radius 3 is 2.54 bits per heavy atom. The molecule has 2 amide bonds. The maximum Gasteiger partial charge on any atom is 0.329 e. The number of hydrogen-bond acceptors (Lipinski definition) is 4. The number of ether oxygens (including phenoxy) is 1. The van der Waals surface area contributed by atoms with Gasteiger partial charge in [-0.25, -0.2) is 4.79 Å². The summed E-state index contributed by atoms with van der Waals surface area (Å²) in [5.74, 6) is -1.29. The van der Waals surface area contributed by atoms with Crippen molar-refractivity contribution in [3.63, 3.8) is 0 Å². The molecular formula is C21H21ClN2O4. The number of nitrogens with zero attached hydrogens (tertiary/aromatic N) is 1. The molecular weight excluding hydrogens is 380 g/mol. The second kappa shape index (κ2) is 8.44. The molecule has 0 radical (unpaired) electrons. The molecule has 0 unspecified atom stereocenters. The van der Waals surface area contributed by atoms with Gasteiger partial charge in [-0.3, -0.25) is 9.59 Å². The first-order valence-corrected chi connectivity index (χ1v) is 9.34. The molecule has 0 aromatic heterocycles. The molecule has 0 fully saturated rings. The number of carbonyl (C=O) groups excluding carboxylic acids is 3. The van der Waals surface area contributed by atoms with Gasteiger partial charge in [-0.2, -0.15) is 0 Å². The molecule has 3 rings (SSSR count). The molecule has 0 bridgehead atoms. The lowest BCUT2D eigenvalue weighted by molar-refractivity contribution is -0.162. The zero-order valence-electron chi connectivity index (χ0n) is 15.6. The number of halogens is 1. The van der Waals surface area contributed by atoms with E-state index in [0.29, 0.717) is 23.7 Å². The minimum Gasteiger partial charge on any atom is -0.451 e. The Morgan fingerprint density at radius 2 is 1.86 bits per heavy atom. The van der Waals surface area contributed by atoms with Crippen LogP contribution in [0.2, 0.25) is 5.02 Å². The van der Waals surface area contributed by atoms with E-state index in [-0.39, 0.29) is 5.91 Å². The van der Waals surface area contributed by atoms with Crippen molar-refractivity contribution >= 4 is 35.1 Å². The summed E-state index contributed by atoms with van der Waals surface area (Å²) in [5.41, 5.74) is 2.52. The van der Waals surface area contributed by atoms with Gasteiger partial charge in [0.05, 0.1) is 0 Å². The van der Waals surface area contributed by atoms with Crippen LogP contribution in [0.3, 0.4) is 0 Å². The molecule has 1 N–H and O–H groups in total. The van der Waals surface area contributed by atoms with Crippen LogP contribution < -0.4 is 5.32 Å². The molecule has 2 aromatic carbocycles. The van der Waals surface area contributed by atoms with Gasteiger partial charge in [-0.1, -0.05) is 41.9 Å². The highest BCUT2D eigenvalue weighted by molar-refractivity contribution is 6.30. The molecule has 2 aromatic rings. The fourth-order valence-corrected chi connectivity index (χ4v) is 3.37. The Morgan fingerprint density at radius 1 is 1.14 bits per heavy atom. The van der Waals surface area contributed by atoms with Gasteiger partial charge in [0.1, 0.15) is 6.04 Å². The van der Waals surface area contributed by atoms with Gasteiger partial charge in [0.15, 0.2) is 6.10 Å². The van der Waals surface area contributed by atoms with Crippen molar-refractivity contribution in [2.24, 2.45) is 0 Å². The quantitative estimate of drug-likeness (QED) is 0.800. The fraction of sp³-hybridized carbons (Fsp3) is 0.286. The summed E-state index contributed by atoms with van der Waals surface area (Å²) in [6.45, 7) is 3.25. The van der Waals surface area contributed by atoms with Gasteiger partial charge in [-0.15, -0.1) is 0 Å². The number of amides is 2. The van der Waals surface area contributed by atoms with Crippen molar-refractivity contribution in [1.29, 1.82) is 0 Å². The van der Waals surface area contributed by atoms with Crippen LogP contribution in [0, 0.1) is 0 Å². The number of esters is 1. The first-order valence-electron chi connectivity index (χ1n) is 8.96. The van der Waals surface area contributed by atoms with E-state index in [1.165, 1.54) is 18.7 Å². The fourth-order valence-electron chi connectivity index (χ4n) is 3.18. The summed E-state index contributed by atoms with van der Waals surface area (Å²) < 4.78 is 5.37. The summed E-state index contributed by atoms with van der Waals surface area (Å²) in [6, 6.07) is 13.6. The van der Waals surface area contributed by atoms with E-state index < -0.39 is 24.0 Å². The van der Waals surface area contributed by atoms with Crippen LogP contribution in [0.15, 0.2) is 48.5 Å². The van der Waals surface area contributed by atoms with Crippen LogP contribution >= 0.6 is 11.6 Å². The lowest BCUT2D eigenvalue weighted by Crippen LogP contribution is -2.49. The smallest absolute Gasteiger partial charge is 0.329 e. The molecule has 0 aliphatic carbocycles. The van der Waals surface area contributed by atoms with Gasteiger partial charge in [0.25, 0.3) is 5.91 Å². The summed E-state index contributed by atoms with van der Waals surface area (Å²) >= 11 is 5.91. The normalized spacial score (nSPS) is 16.7. The van der Waals surface area contributed by atoms with Crippen LogP contribution in [0.4, 0.5) is 5.69 Å². The van der Waals surface area contributed by atoms with Gasteiger partial charge >= 0.3 is 5.97 Å². The van der Waals surface area contributed by atoms with Crippen LogP contribution in [-0.4, -0.2) is 34.8 Å². The maximum atomic E-state index is 12.7. The maximum absolute atomic E-state index is 12.7. The molecule has 2 atom stereocenters. The van der Waals surface area contributed by atoms with Gasteiger partial charge in [0.2, 0.25) is 5.91 Å². The van der Waals surface area contributed by atoms with Crippen LogP contribution in [-0.2, 0) is 32.1 Å². The van der Waals surface area contributed by atoms with E-state index in [0.717, 1.165) is 11.1 Å². The van der Waals surface area contributed by atoms with E-state index in [4.69, 9.17) is 16.3 Å². The first-order chi connectivity index (χ1) is 13.3. The van der Waals surface area contributed by atoms with E-state index in [1.807, 2.05) is 24.3 Å². The summed E-state index contributed by atoms with van der Waals surface area (Å²) in [6.07, 6.45) is -0.658. The Hall–Kier alpha value is -2.86. The van der Waals surface area contributed by atoms with Crippen molar-refractivity contribution in [3.8, 4) is 0 Å². The third-order valence-corrected chi connectivity index (χ3v) is 4.91. The third-order valence-electron chi connectivity index (χ3n) is 4.68.